The number of aromatic nitrogens is 2. The quantitative estimate of drug-likeness (QED) is 0.738. The number of hydrogen-bond acceptors (Lipinski definition) is 2. The molecule has 3 rings (SSSR count). The molecule has 0 saturated heterocycles. The minimum Gasteiger partial charge on any atom is -0.273 e. The highest BCUT2D eigenvalue weighted by Gasteiger charge is 2.20. The zero-order valence-electron chi connectivity index (χ0n) is 14.0. The molecule has 4 nitrogen and oxygen atoms in total. The summed E-state index contributed by atoms with van der Waals surface area (Å²) in [5.74, 6) is 0.776. The van der Waals surface area contributed by atoms with E-state index in [0.717, 1.165) is 17.2 Å². The van der Waals surface area contributed by atoms with E-state index in [1.165, 1.54) is 5.56 Å². The van der Waals surface area contributed by atoms with Gasteiger partial charge < -0.3 is 0 Å². The van der Waals surface area contributed by atoms with Crippen molar-refractivity contribution in [2.45, 2.75) is 26.2 Å². The molecule has 23 heavy (non-hydrogen) atoms. The Morgan fingerprint density at radius 3 is 2.48 bits per heavy atom. The molecule has 0 aliphatic rings. The summed E-state index contributed by atoms with van der Waals surface area (Å²) in [6.07, 6.45) is 1.78. The molecule has 3 aromatic rings. The van der Waals surface area contributed by atoms with Crippen molar-refractivity contribution in [2.75, 3.05) is 5.32 Å². The molecular weight excluding hydrogens is 286 g/mol. The first-order valence-electron chi connectivity index (χ1n) is 7.75. The molecule has 0 unspecified atom stereocenters. The molecule has 1 aromatic carbocycles. The van der Waals surface area contributed by atoms with Crippen LogP contribution in [-0.4, -0.2) is 4.40 Å². The minimum atomic E-state index is -0.0468. The Balaban J connectivity index is 2.14. The second kappa shape index (κ2) is 5.54. The second-order valence-electron chi connectivity index (χ2n) is 6.78. The smallest absolute Gasteiger partial charge is 0.273 e. The second-order valence-corrected chi connectivity index (χ2v) is 6.78. The number of aryl methyl sites for hydroxylation is 1. The van der Waals surface area contributed by atoms with Gasteiger partial charge in [-0.25, -0.2) is 4.57 Å². The lowest BCUT2D eigenvalue weighted by atomic mass is 9.86. The molecule has 0 amide bonds. The first-order chi connectivity index (χ1) is 10.9. The van der Waals surface area contributed by atoms with Crippen LogP contribution in [0.4, 0.5) is 11.5 Å². The van der Waals surface area contributed by atoms with Gasteiger partial charge in [-0.05, 0) is 23.1 Å². The van der Waals surface area contributed by atoms with Crippen molar-refractivity contribution >= 4 is 17.2 Å². The molecule has 118 valence electrons. The molecule has 0 saturated carbocycles. The van der Waals surface area contributed by atoms with E-state index in [9.17, 15) is 4.79 Å². The molecule has 0 bridgehead atoms. The van der Waals surface area contributed by atoms with Crippen LogP contribution in [0.3, 0.4) is 0 Å². The summed E-state index contributed by atoms with van der Waals surface area (Å²) in [5, 5.41) is 3.43. The van der Waals surface area contributed by atoms with Crippen LogP contribution < -0.4 is 15.4 Å². The van der Waals surface area contributed by atoms with Crippen molar-refractivity contribution in [1.82, 2.24) is 4.40 Å². The normalized spacial score (nSPS) is 11.7. The Morgan fingerprint density at radius 1 is 1.04 bits per heavy atom. The molecule has 1 N–H and O–H groups in total. The standard InChI is InChI=1S/C19H21N3O/c1-19(2,3)14-9-5-6-10-15(14)20-16-13-18(23)22-12-8-7-11-17(22)21(16)4/h5-13H,1-4H3/p+1. The van der Waals surface area contributed by atoms with Gasteiger partial charge in [-0.15, -0.1) is 0 Å². The largest absolute Gasteiger partial charge is 0.317 e. The van der Waals surface area contributed by atoms with Crippen molar-refractivity contribution in [1.29, 1.82) is 0 Å². The van der Waals surface area contributed by atoms with Gasteiger partial charge in [-0.3, -0.25) is 10.1 Å². The summed E-state index contributed by atoms with van der Waals surface area (Å²) >= 11 is 0. The Bertz CT molecular complexity index is 920. The van der Waals surface area contributed by atoms with Gasteiger partial charge in [-0.1, -0.05) is 45.0 Å². The Morgan fingerprint density at radius 2 is 1.74 bits per heavy atom. The average Bonchev–Trinajstić information content (AvgIpc) is 2.52. The molecular formula is C19H22N3O+. The van der Waals surface area contributed by atoms with Gasteiger partial charge in [0.15, 0.2) is 0 Å². The first-order valence-corrected chi connectivity index (χ1v) is 7.75. The molecule has 0 radical (unpaired) electrons. The number of para-hydroxylation sites is 1. The van der Waals surface area contributed by atoms with Crippen LogP contribution in [0, 0.1) is 0 Å². The lowest BCUT2D eigenvalue weighted by Crippen LogP contribution is -2.38. The van der Waals surface area contributed by atoms with Gasteiger partial charge in [0.05, 0.1) is 25.0 Å². The fourth-order valence-electron chi connectivity index (χ4n) is 2.80. The van der Waals surface area contributed by atoms with Gasteiger partial charge in [0.25, 0.3) is 0 Å². The van der Waals surface area contributed by atoms with Crippen LogP contribution >= 0.6 is 0 Å². The number of hydrogen-bond donors (Lipinski definition) is 1. The fourth-order valence-corrected chi connectivity index (χ4v) is 2.80. The number of benzene rings is 1. The van der Waals surface area contributed by atoms with Crippen LogP contribution in [0.2, 0.25) is 0 Å². The van der Waals surface area contributed by atoms with E-state index in [4.69, 9.17) is 0 Å². The van der Waals surface area contributed by atoms with E-state index in [2.05, 4.69) is 32.2 Å². The number of fused-ring (bicyclic) bond motifs is 1. The van der Waals surface area contributed by atoms with E-state index in [-0.39, 0.29) is 11.0 Å². The molecule has 2 aromatic heterocycles. The summed E-state index contributed by atoms with van der Waals surface area (Å²) in [4.78, 5) is 12.3. The van der Waals surface area contributed by atoms with E-state index >= 15 is 0 Å². The van der Waals surface area contributed by atoms with Crippen molar-refractivity contribution < 1.29 is 4.57 Å². The van der Waals surface area contributed by atoms with Gasteiger partial charge in [0, 0.05) is 6.07 Å². The third-order valence-corrected chi connectivity index (χ3v) is 4.04. The molecule has 0 atom stereocenters. The van der Waals surface area contributed by atoms with E-state index < -0.39 is 0 Å². The Hall–Kier alpha value is -2.62. The number of pyridine rings is 1. The number of rotatable bonds is 2. The molecule has 0 aliphatic heterocycles. The predicted molar refractivity (Wildman–Crippen MR) is 93.3 cm³/mol. The lowest BCUT2D eigenvalue weighted by molar-refractivity contribution is -0.633. The summed E-state index contributed by atoms with van der Waals surface area (Å²) in [6, 6.07) is 15.6. The maximum absolute atomic E-state index is 12.3. The van der Waals surface area contributed by atoms with Crippen LogP contribution in [0.1, 0.15) is 26.3 Å². The summed E-state index contributed by atoms with van der Waals surface area (Å²) in [5.41, 5.74) is 3.06. The van der Waals surface area contributed by atoms with Gasteiger partial charge in [-0.2, -0.15) is 4.40 Å². The summed E-state index contributed by atoms with van der Waals surface area (Å²) in [7, 11) is 1.96. The fraction of sp³-hybridized carbons (Fsp3) is 0.263. The van der Waals surface area contributed by atoms with Crippen LogP contribution in [0.25, 0.3) is 5.65 Å². The number of anilines is 2. The number of nitrogens with one attached hydrogen (secondary N) is 1. The van der Waals surface area contributed by atoms with Crippen molar-refractivity contribution in [3.8, 4) is 0 Å². The van der Waals surface area contributed by atoms with Gasteiger partial charge in [0.2, 0.25) is 11.5 Å². The molecule has 0 fully saturated rings. The van der Waals surface area contributed by atoms with Gasteiger partial charge >= 0.3 is 5.56 Å². The third kappa shape index (κ3) is 2.84. The molecule has 0 aliphatic carbocycles. The SMILES string of the molecule is C[n+]1c(Nc2ccccc2C(C)(C)C)cc(=O)n2ccccc21. The summed E-state index contributed by atoms with van der Waals surface area (Å²) < 4.78 is 3.63. The predicted octanol–water partition coefficient (Wildman–Crippen LogP) is 3.17. The highest BCUT2D eigenvalue weighted by molar-refractivity contribution is 5.61. The topological polar surface area (TPSA) is 37.4 Å². The molecule has 2 heterocycles. The Labute approximate surface area is 136 Å². The van der Waals surface area contributed by atoms with Crippen molar-refractivity contribution in [3.63, 3.8) is 0 Å². The average molecular weight is 308 g/mol. The third-order valence-electron chi connectivity index (χ3n) is 4.04. The zero-order chi connectivity index (χ0) is 16.6. The first kappa shape index (κ1) is 15.3. The van der Waals surface area contributed by atoms with Crippen LogP contribution in [-0.2, 0) is 12.5 Å². The zero-order valence-corrected chi connectivity index (χ0v) is 14.0. The van der Waals surface area contributed by atoms with Crippen LogP contribution in [0.5, 0.6) is 0 Å². The van der Waals surface area contributed by atoms with Gasteiger partial charge in [0.1, 0.15) is 0 Å². The number of nitrogens with zero attached hydrogens (tertiary/aromatic N) is 2. The van der Waals surface area contributed by atoms with E-state index in [0.29, 0.717) is 0 Å². The van der Waals surface area contributed by atoms with E-state index in [1.807, 2.05) is 48.0 Å². The monoisotopic (exact) mass is 308 g/mol. The maximum atomic E-state index is 12.3. The molecule has 0 spiro atoms. The maximum Gasteiger partial charge on any atom is 0.317 e. The lowest BCUT2D eigenvalue weighted by Gasteiger charge is -2.21. The highest BCUT2D eigenvalue weighted by atomic mass is 16.1. The highest BCUT2D eigenvalue weighted by Crippen LogP contribution is 2.30. The van der Waals surface area contributed by atoms with E-state index in [1.54, 1.807) is 16.7 Å². The molecule has 4 heteroatoms. The van der Waals surface area contributed by atoms with Crippen molar-refractivity contribution in [3.05, 3.63) is 70.6 Å². The van der Waals surface area contributed by atoms with Crippen LogP contribution in [0.15, 0.2) is 59.5 Å². The van der Waals surface area contributed by atoms with Crippen molar-refractivity contribution in [2.24, 2.45) is 7.05 Å². The summed E-state index contributed by atoms with van der Waals surface area (Å²) in [6.45, 7) is 6.55. The minimum absolute atomic E-state index is 0.0219. The Kier molecular flexibility index (Phi) is 3.68.